The van der Waals surface area contributed by atoms with Gasteiger partial charge < -0.3 is 10.2 Å². The van der Waals surface area contributed by atoms with Gasteiger partial charge >= 0.3 is 0 Å². The van der Waals surface area contributed by atoms with Crippen molar-refractivity contribution in [2.24, 2.45) is 5.16 Å². The van der Waals surface area contributed by atoms with Crippen molar-refractivity contribution in [1.29, 1.82) is 0 Å². The summed E-state index contributed by atoms with van der Waals surface area (Å²) in [7, 11) is 0. The quantitative estimate of drug-likeness (QED) is 0.803. The normalized spacial score (nSPS) is 18.9. The molecule has 0 bridgehead atoms. The highest BCUT2D eigenvalue weighted by atomic mass is 35.5. The first-order chi connectivity index (χ1) is 11.2. The van der Waals surface area contributed by atoms with Crippen LogP contribution in [0.3, 0.4) is 0 Å². The number of nitrogens with one attached hydrogen (secondary N) is 1. The molecular formula is C18H19Cl2FN2O. The molecule has 3 rings (SSSR count). The maximum absolute atomic E-state index is 13.1. The number of piperidine rings is 1. The molecular weight excluding hydrogens is 350 g/mol. The van der Waals surface area contributed by atoms with Crippen LogP contribution in [0.25, 0.3) is 0 Å². The van der Waals surface area contributed by atoms with E-state index >= 15 is 0 Å². The molecule has 128 valence electrons. The Kier molecular flexibility index (Phi) is 7.03. The van der Waals surface area contributed by atoms with E-state index < -0.39 is 0 Å². The van der Waals surface area contributed by atoms with E-state index in [1.54, 1.807) is 0 Å². The van der Waals surface area contributed by atoms with Gasteiger partial charge in [0.15, 0.2) is 0 Å². The van der Waals surface area contributed by atoms with Crippen LogP contribution in [0.4, 0.5) is 4.39 Å². The molecule has 1 heterocycles. The van der Waals surface area contributed by atoms with Crippen LogP contribution in [0.5, 0.6) is 0 Å². The van der Waals surface area contributed by atoms with E-state index in [-0.39, 0.29) is 24.1 Å². The molecule has 0 radical (unpaired) electrons. The van der Waals surface area contributed by atoms with Crippen LogP contribution in [-0.2, 0) is 11.4 Å². The first-order valence-electron chi connectivity index (χ1n) is 7.62. The Labute approximate surface area is 152 Å². The van der Waals surface area contributed by atoms with Crippen molar-refractivity contribution >= 4 is 29.7 Å². The minimum atomic E-state index is -0.226. The van der Waals surface area contributed by atoms with Crippen molar-refractivity contribution in [1.82, 2.24) is 5.32 Å². The molecule has 24 heavy (non-hydrogen) atoms. The molecule has 1 atom stereocenters. The van der Waals surface area contributed by atoms with Gasteiger partial charge in [-0.1, -0.05) is 47.1 Å². The van der Waals surface area contributed by atoms with Crippen LogP contribution in [0, 0.1) is 5.82 Å². The molecule has 1 saturated heterocycles. The van der Waals surface area contributed by atoms with Crippen molar-refractivity contribution in [3.63, 3.8) is 0 Å². The summed E-state index contributed by atoms with van der Waals surface area (Å²) in [5.74, 6) is -0.0702. The van der Waals surface area contributed by atoms with E-state index in [0.29, 0.717) is 18.2 Å². The largest absolute Gasteiger partial charge is 0.391 e. The lowest BCUT2D eigenvalue weighted by atomic mass is 9.88. The summed E-state index contributed by atoms with van der Waals surface area (Å²) in [4.78, 5) is 5.50. The van der Waals surface area contributed by atoms with Gasteiger partial charge in [-0.2, -0.15) is 0 Å². The topological polar surface area (TPSA) is 33.6 Å². The third-order valence-corrected chi connectivity index (χ3v) is 4.32. The molecule has 0 aromatic heterocycles. The van der Waals surface area contributed by atoms with E-state index in [9.17, 15) is 4.39 Å². The third kappa shape index (κ3) is 4.69. The first kappa shape index (κ1) is 18.7. The number of hydrogen-bond donors (Lipinski definition) is 1. The minimum absolute atomic E-state index is 0. The molecule has 6 heteroatoms. The zero-order valence-electron chi connectivity index (χ0n) is 13.0. The van der Waals surface area contributed by atoms with Gasteiger partial charge in [0.05, 0.1) is 5.71 Å². The van der Waals surface area contributed by atoms with E-state index in [1.165, 1.54) is 12.1 Å². The number of oxime groups is 1. The Balaban J connectivity index is 0.00000208. The van der Waals surface area contributed by atoms with Crippen LogP contribution in [0.15, 0.2) is 53.7 Å². The minimum Gasteiger partial charge on any atom is -0.391 e. The Bertz CT molecular complexity index is 692. The predicted octanol–water partition coefficient (Wildman–Crippen LogP) is 4.55. The lowest BCUT2D eigenvalue weighted by Gasteiger charge is -2.24. The Morgan fingerprint density at radius 3 is 2.67 bits per heavy atom. The molecule has 2 aromatic rings. The van der Waals surface area contributed by atoms with E-state index in [1.807, 2.05) is 36.4 Å². The van der Waals surface area contributed by atoms with Crippen LogP contribution in [-0.4, -0.2) is 18.8 Å². The molecule has 1 fully saturated rings. The monoisotopic (exact) mass is 368 g/mol. The fourth-order valence-corrected chi connectivity index (χ4v) is 2.89. The second-order valence-electron chi connectivity index (χ2n) is 5.52. The third-order valence-electron chi connectivity index (χ3n) is 3.95. The molecule has 0 saturated carbocycles. The second kappa shape index (κ2) is 9.02. The lowest BCUT2D eigenvalue weighted by Crippen LogP contribution is -2.36. The van der Waals surface area contributed by atoms with Gasteiger partial charge in [-0.3, -0.25) is 0 Å². The number of halogens is 3. The standard InChI is InChI=1S/C18H18ClFN2O.ClH/c19-17-4-2-1-3-14(17)12-23-22-18-11-21-10-9-16(18)13-5-7-15(20)8-6-13;/h1-8,16,21H,9-12H2;1H/b22-18-;. The summed E-state index contributed by atoms with van der Waals surface area (Å²) in [6, 6.07) is 14.1. The summed E-state index contributed by atoms with van der Waals surface area (Å²) in [6.45, 7) is 1.91. The molecule has 2 aromatic carbocycles. The molecule has 1 aliphatic rings. The SMILES string of the molecule is Cl.Fc1ccc(C2CCNC/C2=N/OCc2ccccc2Cl)cc1. The van der Waals surface area contributed by atoms with Crippen molar-refractivity contribution in [2.75, 3.05) is 13.1 Å². The van der Waals surface area contributed by atoms with Gasteiger partial charge in [-0.15, -0.1) is 12.4 Å². The Morgan fingerprint density at radius 2 is 1.92 bits per heavy atom. The van der Waals surface area contributed by atoms with Crippen molar-refractivity contribution in [2.45, 2.75) is 18.9 Å². The zero-order valence-corrected chi connectivity index (χ0v) is 14.6. The fraction of sp³-hybridized carbons (Fsp3) is 0.278. The van der Waals surface area contributed by atoms with Crippen molar-refractivity contribution in [3.8, 4) is 0 Å². The van der Waals surface area contributed by atoms with Gasteiger partial charge in [0.25, 0.3) is 0 Å². The molecule has 0 amide bonds. The van der Waals surface area contributed by atoms with Crippen LogP contribution in [0.2, 0.25) is 5.02 Å². The van der Waals surface area contributed by atoms with Crippen molar-refractivity contribution in [3.05, 3.63) is 70.5 Å². The summed E-state index contributed by atoms with van der Waals surface area (Å²) >= 11 is 6.11. The second-order valence-corrected chi connectivity index (χ2v) is 5.92. The fourth-order valence-electron chi connectivity index (χ4n) is 2.70. The molecule has 1 aliphatic heterocycles. The van der Waals surface area contributed by atoms with Crippen LogP contribution >= 0.6 is 24.0 Å². The predicted molar refractivity (Wildman–Crippen MR) is 97.6 cm³/mol. The zero-order chi connectivity index (χ0) is 16.1. The highest BCUT2D eigenvalue weighted by molar-refractivity contribution is 6.31. The smallest absolute Gasteiger partial charge is 0.143 e. The van der Waals surface area contributed by atoms with Gasteiger partial charge in [0.1, 0.15) is 12.4 Å². The Morgan fingerprint density at radius 1 is 1.17 bits per heavy atom. The molecule has 1 unspecified atom stereocenters. The summed E-state index contributed by atoms with van der Waals surface area (Å²) in [6.07, 6.45) is 0.917. The Hall–Kier alpha value is -1.62. The summed E-state index contributed by atoms with van der Waals surface area (Å²) < 4.78 is 13.1. The first-order valence-corrected chi connectivity index (χ1v) is 8.00. The van der Waals surface area contributed by atoms with Gasteiger partial charge in [-0.05, 0) is 36.7 Å². The van der Waals surface area contributed by atoms with E-state index in [4.69, 9.17) is 16.4 Å². The van der Waals surface area contributed by atoms with Gasteiger partial charge in [-0.25, -0.2) is 4.39 Å². The average Bonchev–Trinajstić information content (AvgIpc) is 2.58. The highest BCUT2D eigenvalue weighted by Gasteiger charge is 2.22. The van der Waals surface area contributed by atoms with E-state index in [0.717, 1.165) is 29.8 Å². The molecule has 0 spiro atoms. The molecule has 3 nitrogen and oxygen atoms in total. The highest BCUT2D eigenvalue weighted by Crippen LogP contribution is 2.24. The number of hydrogen-bond acceptors (Lipinski definition) is 3. The van der Waals surface area contributed by atoms with E-state index in [2.05, 4.69) is 10.5 Å². The number of benzene rings is 2. The number of nitrogens with zero attached hydrogens (tertiary/aromatic N) is 1. The van der Waals surface area contributed by atoms with Crippen molar-refractivity contribution < 1.29 is 9.23 Å². The van der Waals surface area contributed by atoms with Gasteiger partial charge in [0, 0.05) is 23.0 Å². The number of rotatable bonds is 4. The maximum Gasteiger partial charge on any atom is 0.143 e. The maximum atomic E-state index is 13.1. The summed E-state index contributed by atoms with van der Waals surface area (Å²) in [5, 5.41) is 8.27. The molecule has 0 aliphatic carbocycles. The van der Waals surface area contributed by atoms with Crippen LogP contribution in [0.1, 0.15) is 23.5 Å². The molecule has 1 N–H and O–H groups in total. The summed E-state index contributed by atoms with van der Waals surface area (Å²) in [5.41, 5.74) is 2.89. The van der Waals surface area contributed by atoms with Gasteiger partial charge in [0.2, 0.25) is 0 Å². The lowest BCUT2D eigenvalue weighted by molar-refractivity contribution is 0.128. The van der Waals surface area contributed by atoms with Crippen LogP contribution < -0.4 is 5.32 Å². The average molecular weight is 369 g/mol.